The van der Waals surface area contributed by atoms with Gasteiger partial charge in [0.2, 0.25) is 11.8 Å². The molecule has 0 saturated heterocycles. The molecule has 0 radical (unpaired) electrons. The number of ether oxygens (including phenoxy) is 2. The molecule has 0 aromatic heterocycles. The quantitative estimate of drug-likeness (QED) is 0.737. The van der Waals surface area contributed by atoms with Gasteiger partial charge < -0.3 is 19.3 Å². The number of rotatable bonds is 8. The minimum Gasteiger partial charge on any atom is -0.497 e. The van der Waals surface area contributed by atoms with Crippen molar-refractivity contribution in [2.75, 3.05) is 38.8 Å². The molecule has 23 heavy (non-hydrogen) atoms. The van der Waals surface area contributed by atoms with Gasteiger partial charge in [0.1, 0.15) is 11.5 Å². The van der Waals surface area contributed by atoms with Crippen LogP contribution in [0.4, 0.5) is 5.69 Å². The maximum atomic E-state index is 12.2. The highest BCUT2D eigenvalue weighted by Gasteiger charge is 2.19. The maximum Gasteiger partial charge on any atom is 0.224 e. The Morgan fingerprint density at radius 2 is 1.74 bits per heavy atom. The number of anilines is 1. The van der Waals surface area contributed by atoms with E-state index in [2.05, 4.69) is 0 Å². The number of carbonyl (C=O) groups is 2. The van der Waals surface area contributed by atoms with Crippen molar-refractivity contribution in [3.05, 3.63) is 18.2 Å². The molecule has 0 aliphatic carbocycles. The molecular formula is C17H26N2O4. The molecule has 1 aromatic rings. The van der Waals surface area contributed by atoms with Crippen LogP contribution >= 0.6 is 0 Å². The van der Waals surface area contributed by atoms with Gasteiger partial charge in [-0.25, -0.2) is 0 Å². The predicted molar refractivity (Wildman–Crippen MR) is 90.1 cm³/mol. The number of methoxy groups -OCH3 is 2. The average molecular weight is 322 g/mol. The lowest BCUT2D eigenvalue weighted by Gasteiger charge is -2.25. The first-order valence-electron chi connectivity index (χ1n) is 7.76. The smallest absolute Gasteiger partial charge is 0.224 e. The maximum absolute atomic E-state index is 12.2. The first kappa shape index (κ1) is 18.8. The lowest BCUT2D eigenvalue weighted by molar-refractivity contribution is -0.130. The fourth-order valence-corrected chi connectivity index (χ4v) is 2.40. The monoisotopic (exact) mass is 322 g/mol. The summed E-state index contributed by atoms with van der Waals surface area (Å²) in [7, 11) is 3.11. The standard InChI is InChI=1S/C17H26N2O4/c1-6-18(7-2)17(21)10-11-19(13(3)20)15-12-14(22-4)8-9-16(15)23-5/h8-9,12H,6-7,10-11H2,1-5H3. The molecule has 6 nitrogen and oxygen atoms in total. The van der Waals surface area contributed by atoms with Crippen molar-refractivity contribution in [2.24, 2.45) is 0 Å². The Morgan fingerprint density at radius 3 is 2.22 bits per heavy atom. The van der Waals surface area contributed by atoms with E-state index in [1.54, 1.807) is 42.2 Å². The average Bonchev–Trinajstić information content (AvgIpc) is 2.55. The van der Waals surface area contributed by atoms with Crippen LogP contribution in [-0.4, -0.2) is 50.6 Å². The first-order chi connectivity index (χ1) is 11.0. The Morgan fingerprint density at radius 1 is 1.09 bits per heavy atom. The minimum absolute atomic E-state index is 0.0307. The van der Waals surface area contributed by atoms with Crippen molar-refractivity contribution >= 4 is 17.5 Å². The van der Waals surface area contributed by atoms with Gasteiger partial charge in [-0.1, -0.05) is 0 Å². The molecule has 0 bridgehead atoms. The fraction of sp³-hybridized carbons (Fsp3) is 0.529. The van der Waals surface area contributed by atoms with Crippen molar-refractivity contribution in [1.82, 2.24) is 4.90 Å². The zero-order valence-electron chi connectivity index (χ0n) is 14.6. The molecule has 0 spiro atoms. The molecule has 1 aromatic carbocycles. The number of carbonyl (C=O) groups excluding carboxylic acids is 2. The van der Waals surface area contributed by atoms with Crippen LogP contribution < -0.4 is 14.4 Å². The zero-order chi connectivity index (χ0) is 17.4. The third kappa shape index (κ3) is 4.87. The Labute approximate surface area is 138 Å². The summed E-state index contributed by atoms with van der Waals surface area (Å²) in [6, 6.07) is 5.25. The number of nitrogens with zero attached hydrogens (tertiary/aromatic N) is 2. The van der Waals surface area contributed by atoms with Gasteiger partial charge in [-0.15, -0.1) is 0 Å². The summed E-state index contributed by atoms with van der Waals surface area (Å²) in [6.45, 7) is 6.98. The molecule has 0 aliphatic rings. The number of benzene rings is 1. The van der Waals surface area contributed by atoms with E-state index in [1.807, 2.05) is 13.8 Å². The van der Waals surface area contributed by atoms with E-state index in [9.17, 15) is 9.59 Å². The highest BCUT2D eigenvalue weighted by molar-refractivity contribution is 5.94. The molecule has 1 rings (SSSR count). The third-order valence-electron chi connectivity index (χ3n) is 3.72. The lowest BCUT2D eigenvalue weighted by Crippen LogP contribution is -2.36. The van der Waals surface area contributed by atoms with Crippen LogP contribution in [0.5, 0.6) is 11.5 Å². The van der Waals surface area contributed by atoms with E-state index in [4.69, 9.17) is 9.47 Å². The Bertz CT molecular complexity index is 541. The summed E-state index contributed by atoms with van der Waals surface area (Å²) in [5.74, 6) is 1.07. The van der Waals surface area contributed by atoms with Crippen molar-refractivity contribution in [1.29, 1.82) is 0 Å². The van der Waals surface area contributed by atoms with Gasteiger partial charge in [-0.2, -0.15) is 0 Å². The van der Waals surface area contributed by atoms with Gasteiger partial charge in [0.25, 0.3) is 0 Å². The van der Waals surface area contributed by atoms with Crippen LogP contribution in [-0.2, 0) is 9.59 Å². The topological polar surface area (TPSA) is 59.1 Å². The Kier molecular flexibility index (Phi) is 7.38. The van der Waals surface area contributed by atoms with Crippen molar-refractivity contribution in [3.63, 3.8) is 0 Å². The van der Waals surface area contributed by atoms with E-state index in [0.29, 0.717) is 36.8 Å². The van der Waals surface area contributed by atoms with Gasteiger partial charge in [0.05, 0.1) is 19.9 Å². The van der Waals surface area contributed by atoms with Gasteiger partial charge in [0.15, 0.2) is 0 Å². The van der Waals surface area contributed by atoms with Crippen LogP contribution in [0.2, 0.25) is 0 Å². The van der Waals surface area contributed by atoms with Crippen LogP contribution in [0.1, 0.15) is 27.2 Å². The molecule has 6 heteroatoms. The van der Waals surface area contributed by atoms with Crippen LogP contribution in [0.25, 0.3) is 0 Å². The molecule has 2 amide bonds. The van der Waals surface area contributed by atoms with Gasteiger partial charge in [-0.05, 0) is 26.0 Å². The largest absolute Gasteiger partial charge is 0.497 e. The number of amides is 2. The van der Waals surface area contributed by atoms with Crippen LogP contribution in [0.15, 0.2) is 18.2 Å². The fourth-order valence-electron chi connectivity index (χ4n) is 2.40. The molecule has 0 atom stereocenters. The molecule has 0 heterocycles. The molecule has 128 valence electrons. The molecule has 0 unspecified atom stereocenters. The van der Waals surface area contributed by atoms with E-state index < -0.39 is 0 Å². The predicted octanol–water partition coefficient (Wildman–Crippen LogP) is 2.32. The summed E-state index contributed by atoms with van der Waals surface area (Å²) in [5.41, 5.74) is 0.603. The SMILES string of the molecule is CCN(CC)C(=O)CCN(C(C)=O)c1cc(OC)ccc1OC. The van der Waals surface area contributed by atoms with Crippen LogP contribution in [0, 0.1) is 0 Å². The van der Waals surface area contributed by atoms with Gasteiger partial charge in [-0.3, -0.25) is 9.59 Å². The highest BCUT2D eigenvalue weighted by atomic mass is 16.5. The summed E-state index contributed by atoms with van der Waals surface area (Å²) in [5, 5.41) is 0. The molecular weight excluding hydrogens is 296 g/mol. The third-order valence-corrected chi connectivity index (χ3v) is 3.72. The Hall–Kier alpha value is -2.24. The number of hydrogen-bond donors (Lipinski definition) is 0. The van der Waals surface area contributed by atoms with E-state index in [1.165, 1.54) is 6.92 Å². The van der Waals surface area contributed by atoms with Crippen molar-refractivity contribution in [3.8, 4) is 11.5 Å². The normalized spacial score (nSPS) is 10.1. The lowest BCUT2D eigenvalue weighted by atomic mass is 10.2. The second-order valence-corrected chi connectivity index (χ2v) is 5.02. The van der Waals surface area contributed by atoms with Crippen LogP contribution in [0.3, 0.4) is 0 Å². The van der Waals surface area contributed by atoms with Crippen molar-refractivity contribution < 1.29 is 19.1 Å². The first-order valence-corrected chi connectivity index (χ1v) is 7.76. The molecule has 0 aliphatic heterocycles. The van der Waals surface area contributed by atoms with E-state index >= 15 is 0 Å². The van der Waals surface area contributed by atoms with E-state index in [-0.39, 0.29) is 18.2 Å². The minimum atomic E-state index is -0.149. The van der Waals surface area contributed by atoms with Gasteiger partial charge >= 0.3 is 0 Å². The summed E-state index contributed by atoms with van der Waals surface area (Å²) >= 11 is 0. The summed E-state index contributed by atoms with van der Waals surface area (Å²) < 4.78 is 10.5. The second kappa shape index (κ2) is 9.02. The zero-order valence-corrected chi connectivity index (χ0v) is 14.6. The molecule has 0 saturated carbocycles. The molecule has 0 fully saturated rings. The highest BCUT2D eigenvalue weighted by Crippen LogP contribution is 2.32. The van der Waals surface area contributed by atoms with E-state index in [0.717, 1.165) is 0 Å². The molecule has 0 N–H and O–H groups in total. The summed E-state index contributed by atoms with van der Waals surface area (Å²) in [4.78, 5) is 27.5. The van der Waals surface area contributed by atoms with Crippen molar-refractivity contribution in [2.45, 2.75) is 27.2 Å². The second-order valence-electron chi connectivity index (χ2n) is 5.02. The Balaban J connectivity index is 2.99. The van der Waals surface area contributed by atoms with Gasteiger partial charge in [0, 0.05) is 39.0 Å². The number of hydrogen-bond acceptors (Lipinski definition) is 4. The summed E-state index contributed by atoms with van der Waals surface area (Å²) in [6.07, 6.45) is 0.266.